The van der Waals surface area contributed by atoms with Crippen LogP contribution in [0.1, 0.15) is 28.8 Å². The minimum atomic E-state index is -4.40. The maximum atomic E-state index is 13.3. The molecule has 34 heavy (non-hydrogen) atoms. The van der Waals surface area contributed by atoms with Gasteiger partial charge in [0.1, 0.15) is 5.54 Å². The van der Waals surface area contributed by atoms with E-state index in [0.717, 1.165) is 16.0 Å². The fourth-order valence-electron chi connectivity index (χ4n) is 3.97. The summed E-state index contributed by atoms with van der Waals surface area (Å²) < 4.78 is 38.2. The van der Waals surface area contributed by atoms with Gasteiger partial charge in [0, 0.05) is 16.8 Å². The summed E-state index contributed by atoms with van der Waals surface area (Å²) in [5.74, 6) is -1.02. The zero-order chi connectivity index (χ0) is 24.7. The predicted octanol–water partition coefficient (Wildman–Crippen LogP) is 5.68. The van der Waals surface area contributed by atoms with E-state index in [1.807, 2.05) is 17.5 Å². The van der Waals surface area contributed by atoms with Crippen LogP contribution in [0, 0.1) is 11.3 Å². The van der Waals surface area contributed by atoms with Crippen molar-refractivity contribution >= 4 is 35.0 Å². The average Bonchev–Trinajstić information content (AvgIpc) is 3.29. The number of carbonyl (C=O) groups excluding carboxylic acids is 1. The van der Waals surface area contributed by atoms with Gasteiger partial charge in [-0.05, 0) is 71.1 Å². The maximum absolute atomic E-state index is 13.3. The van der Waals surface area contributed by atoms with Crippen LogP contribution >= 0.6 is 23.1 Å². The Balaban J connectivity index is 1.77. The number of guanidine groups is 1. The number of halogens is 3. The number of rotatable bonds is 4. The molecule has 0 unspecified atom stereocenters. The molecule has 0 saturated carbocycles. The molecule has 1 aliphatic heterocycles. The van der Waals surface area contributed by atoms with Gasteiger partial charge in [-0.3, -0.25) is 9.69 Å². The third kappa shape index (κ3) is 4.54. The third-order valence-corrected chi connectivity index (χ3v) is 7.60. The van der Waals surface area contributed by atoms with Crippen LogP contribution in [0.5, 0.6) is 0 Å². The molecule has 0 saturated heterocycles. The largest absolute Gasteiger partial charge is 0.446 e. The maximum Gasteiger partial charge on any atom is 0.446 e. The summed E-state index contributed by atoms with van der Waals surface area (Å²) in [5.41, 5.74) is 3.40. The van der Waals surface area contributed by atoms with Crippen molar-refractivity contribution < 1.29 is 18.0 Å². The van der Waals surface area contributed by atoms with Crippen LogP contribution in [-0.2, 0) is 10.3 Å². The monoisotopic (exact) mass is 500 g/mol. The summed E-state index contributed by atoms with van der Waals surface area (Å²) in [7, 11) is 1.52. The highest BCUT2D eigenvalue weighted by Crippen LogP contribution is 2.47. The molecule has 1 aromatic heterocycles. The first-order valence-corrected chi connectivity index (χ1v) is 11.8. The molecule has 174 valence electrons. The van der Waals surface area contributed by atoms with E-state index in [4.69, 9.17) is 5.73 Å². The van der Waals surface area contributed by atoms with Crippen LogP contribution in [0.15, 0.2) is 69.9 Å². The second kappa shape index (κ2) is 8.81. The van der Waals surface area contributed by atoms with Crippen LogP contribution in [0.3, 0.4) is 0 Å². The van der Waals surface area contributed by atoms with Crippen molar-refractivity contribution in [3.05, 3.63) is 76.0 Å². The number of thiophene rings is 1. The van der Waals surface area contributed by atoms with Crippen LogP contribution in [-0.4, -0.2) is 29.3 Å². The molecule has 2 atom stereocenters. The van der Waals surface area contributed by atoms with Gasteiger partial charge < -0.3 is 5.73 Å². The van der Waals surface area contributed by atoms with Crippen molar-refractivity contribution in [2.75, 3.05) is 7.05 Å². The summed E-state index contributed by atoms with van der Waals surface area (Å²) in [6.07, 6.45) is 0. The number of nitrogens with zero attached hydrogens (tertiary/aromatic N) is 3. The smallest absolute Gasteiger partial charge is 0.369 e. The number of hydrogen-bond donors (Lipinski definition) is 1. The minimum Gasteiger partial charge on any atom is -0.369 e. The van der Waals surface area contributed by atoms with Crippen molar-refractivity contribution in [3.63, 3.8) is 0 Å². The Morgan fingerprint density at radius 3 is 2.53 bits per heavy atom. The molecule has 2 aromatic carbocycles. The number of thioether (sulfide) groups is 1. The van der Waals surface area contributed by atoms with Crippen LogP contribution in [0.4, 0.5) is 13.2 Å². The second-order valence-electron chi connectivity index (χ2n) is 7.96. The van der Waals surface area contributed by atoms with Crippen LogP contribution < -0.4 is 5.73 Å². The molecule has 0 spiro atoms. The highest BCUT2D eigenvalue weighted by Gasteiger charge is 2.48. The zero-order valence-corrected chi connectivity index (χ0v) is 19.8. The Labute approximate surface area is 202 Å². The molecule has 5 nitrogen and oxygen atoms in total. The van der Waals surface area contributed by atoms with Gasteiger partial charge in [-0.2, -0.15) is 18.4 Å². The predicted molar refractivity (Wildman–Crippen MR) is 127 cm³/mol. The molecule has 1 amide bonds. The van der Waals surface area contributed by atoms with E-state index >= 15 is 0 Å². The zero-order valence-electron chi connectivity index (χ0n) is 18.1. The summed E-state index contributed by atoms with van der Waals surface area (Å²) >= 11 is 1.20. The Morgan fingerprint density at radius 2 is 1.88 bits per heavy atom. The van der Waals surface area contributed by atoms with E-state index in [0.29, 0.717) is 11.1 Å². The van der Waals surface area contributed by atoms with E-state index in [2.05, 4.69) is 11.1 Å². The molecule has 4 rings (SSSR count). The van der Waals surface area contributed by atoms with Gasteiger partial charge in [-0.1, -0.05) is 24.3 Å². The standard InChI is InChI=1S/C24H19F3N4OS2/c1-23(19-11-17(13-33-19)16-5-3-4-14(10-16)12-28)20(21(32)31(2)22(29)30-23)15-6-8-18(9-7-15)34-24(25,26)27/h3-11,13,20H,1-2H3,(H2,29,30)/t20-,23+/m0/s1. The molecular formula is C24H19F3N4OS2. The first-order chi connectivity index (χ1) is 16.0. The van der Waals surface area contributed by atoms with E-state index in [1.54, 1.807) is 25.1 Å². The number of likely N-dealkylation sites (N-methyl/N-ethyl adjacent to an activating group) is 1. The van der Waals surface area contributed by atoms with Crippen LogP contribution in [0.2, 0.25) is 0 Å². The van der Waals surface area contributed by atoms with Crippen molar-refractivity contribution in [1.29, 1.82) is 5.26 Å². The second-order valence-corrected chi connectivity index (χ2v) is 10.0. The highest BCUT2D eigenvalue weighted by atomic mass is 32.2. The summed E-state index contributed by atoms with van der Waals surface area (Å²) in [4.78, 5) is 20.1. The normalized spacial score (nSPS) is 20.7. The van der Waals surface area contributed by atoms with Gasteiger partial charge in [0.25, 0.3) is 0 Å². The van der Waals surface area contributed by atoms with E-state index in [-0.39, 0.29) is 28.5 Å². The summed E-state index contributed by atoms with van der Waals surface area (Å²) in [6.45, 7) is 1.80. The number of amides is 1. The summed E-state index contributed by atoms with van der Waals surface area (Å²) in [6, 6.07) is 17.0. The number of carbonyl (C=O) groups is 1. The third-order valence-electron chi connectivity index (χ3n) is 5.70. The molecule has 2 heterocycles. The minimum absolute atomic E-state index is 0.0355. The number of benzene rings is 2. The van der Waals surface area contributed by atoms with Crippen LogP contribution in [0.25, 0.3) is 11.1 Å². The fourth-order valence-corrected chi connectivity index (χ4v) is 5.57. The molecule has 0 radical (unpaired) electrons. The lowest BCUT2D eigenvalue weighted by Crippen LogP contribution is -2.52. The molecule has 1 aliphatic rings. The van der Waals surface area contributed by atoms with Gasteiger partial charge in [0.05, 0.1) is 17.6 Å². The molecule has 10 heteroatoms. The average molecular weight is 501 g/mol. The fraction of sp³-hybridized carbons (Fsp3) is 0.208. The molecule has 0 bridgehead atoms. The Morgan fingerprint density at radius 1 is 1.18 bits per heavy atom. The van der Waals surface area contributed by atoms with Gasteiger partial charge >= 0.3 is 5.51 Å². The van der Waals surface area contributed by atoms with Crippen molar-refractivity contribution in [3.8, 4) is 17.2 Å². The number of nitriles is 1. The van der Waals surface area contributed by atoms with Crippen molar-refractivity contribution in [2.24, 2.45) is 10.7 Å². The Bertz CT molecular complexity index is 1310. The Kier molecular flexibility index (Phi) is 6.18. The molecule has 0 aliphatic carbocycles. The lowest BCUT2D eigenvalue weighted by Gasteiger charge is -2.40. The quantitative estimate of drug-likeness (QED) is 0.467. The van der Waals surface area contributed by atoms with Gasteiger partial charge in [0.15, 0.2) is 5.96 Å². The number of hydrogen-bond acceptors (Lipinski definition) is 6. The van der Waals surface area contributed by atoms with Gasteiger partial charge in [-0.25, -0.2) is 4.99 Å². The SMILES string of the molecule is CN1C(=O)[C@H](c2ccc(SC(F)(F)F)cc2)[C@@](C)(c2cc(-c3cccc(C#N)c3)cs2)N=C1N. The topological polar surface area (TPSA) is 82.5 Å². The lowest BCUT2D eigenvalue weighted by atomic mass is 9.77. The first kappa shape index (κ1) is 23.9. The molecule has 3 aromatic rings. The lowest BCUT2D eigenvalue weighted by molar-refractivity contribution is -0.130. The van der Waals surface area contributed by atoms with Gasteiger partial charge in [0.2, 0.25) is 5.91 Å². The first-order valence-electron chi connectivity index (χ1n) is 10.1. The van der Waals surface area contributed by atoms with Gasteiger partial charge in [-0.15, -0.1) is 11.3 Å². The van der Waals surface area contributed by atoms with E-state index in [9.17, 15) is 23.2 Å². The molecule has 2 N–H and O–H groups in total. The van der Waals surface area contributed by atoms with E-state index in [1.165, 1.54) is 47.5 Å². The van der Waals surface area contributed by atoms with E-state index < -0.39 is 17.0 Å². The van der Waals surface area contributed by atoms with Crippen molar-refractivity contribution in [2.45, 2.75) is 28.8 Å². The number of aliphatic imine (C=N–C) groups is 1. The molecule has 0 fully saturated rings. The summed E-state index contributed by atoms with van der Waals surface area (Å²) in [5, 5.41) is 11.1. The highest BCUT2D eigenvalue weighted by molar-refractivity contribution is 8.00. The molecular weight excluding hydrogens is 481 g/mol. The number of nitrogens with two attached hydrogens (primary N) is 1. The van der Waals surface area contributed by atoms with Crippen molar-refractivity contribution in [1.82, 2.24) is 4.90 Å². The Hall–Kier alpha value is -3.29. The number of alkyl halides is 3.